The van der Waals surface area contributed by atoms with Crippen molar-refractivity contribution in [1.82, 2.24) is 0 Å². The molecule has 0 unspecified atom stereocenters. The molecule has 1 aliphatic heterocycles. The van der Waals surface area contributed by atoms with Gasteiger partial charge in [0.1, 0.15) is 0 Å². The van der Waals surface area contributed by atoms with Gasteiger partial charge in [0.05, 0.1) is 13.2 Å². The zero-order valence-corrected chi connectivity index (χ0v) is 12.8. The Labute approximate surface area is 119 Å². The van der Waals surface area contributed by atoms with Crippen LogP contribution >= 0.6 is 0 Å². The Morgan fingerprint density at radius 1 is 0.895 bits per heavy atom. The van der Waals surface area contributed by atoms with Gasteiger partial charge in [0.15, 0.2) is 5.79 Å². The van der Waals surface area contributed by atoms with Gasteiger partial charge in [-0.2, -0.15) is 0 Å². The second-order valence-corrected chi connectivity index (χ2v) is 6.46. The van der Waals surface area contributed by atoms with E-state index in [1.807, 2.05) is 0 Å². The number of unbranched alkanes of at least 4 members (excludes halogenated alkanes) is 4. The highest BCUT2D eigenvalue weighted by atomic mass is 16.7. The van der Waals surface area contributed by atoms with Gasteiger partial charge in [0, 0.05) is 12.8 Å². The largest absolute Gasteiger partial charge is 0.348 e. The van der Waals surface area contributed by atoms with Gasteiger partial charge in [-0.05, 0) is 18.8 Å². The zero-order valence-electron chi connectivity index (χ0n) is 12.8. The number of hydrogen-bond acceptors (Lipinski definition) is 2. The number of ether oxygens (including phenoxy) is 2. The van der Waals surface area contributed by atoms with Crippen LogP contribution in [0.25, 0.3) is 0 Å². The highest BCUT2D eigenvalue weighted by Crippen LogP contribution is 2.36. The van der Waals surface area contributed by atoms with Crippen LogP contribution in [-0.2, 0) is 9.47 Å². The van der Waals surface area contributed by atoms with Gasteiger partial charge in [-0.1, -0.05) is 58.3 Å². The Kier molecular flexibility index (Phi) is 6.66. The van der Waals surface area contributed by atoms with Crippen molar-refractivity contribution in [2.45, 2.75) is 89.8 Å². The maximum atomic E-state index is 5.98. The molecule has 0 N–H and O–H groups in total. The lowest BCUT2D eigenvalue weighted by atomic mass is 9.94. The molecule has 2 fully saturated rings. The summed E-state index contributed by atoms with van der Waals surface area (Å²) >= 11 is 0. The van der Waals surface area contributed by atoms with Crippen molar-refractivity contribution < 1.29 is 9.47 Å². The van der Waals surface area contributed by atoms with E-state index in [4.69, 9.17) is 9.47 Å². The number of rotatable bonds is 9. The summed E-state index contributed by atoms with van der Waals surface area (Å²) in [6.45, 7) is 3.88. The molecule has 2 aliphatic rings. The van der Waals surface area contributed by atoms with Gasteiger partial charge < -0.3 is 9.47 Å². The van der Waals surface area contributed by atoms with Crippen LogP contribution in [0.2, 0.25) is 0 Å². The minimum Gasteiger partial charge on any atom is -0.348 e. The van der Waals surface area contributed by atoms with Crippen molar-refractivity contribution in [2.24, 2.45) is 5.92 Å². The molecular weight excluding hydrogens is 236 g/mol. The molecule has 0 aromatic rings. The predicted octanol–water partition coefficient (Wildman–Crippen LogP) is 5.06. The monoisotopic (exact) mass is 268 g/mol. The molecule has 1 saturated heterocycles. The van der Waals surface area contributed by atoms with Gasteiger partial charge in [-0.15, -0.1) is 0 Å². The van der Waals surface area contributed by atoms with Crippen LogP contribution < -0.4 is 0 Å². The van der Waals surface area contributed by atoms with E-state index < -0.39 is 0 Å². The van der Waals surface area contributed by atoms with Gasteiger partial charge in [-0.25, -0.2) is 0 Å². The van der Waals surface area contributed by atoms with Crippen molar-refractivity contribution in [3.8, 4) is 0 Å². The van der Waals surface area contributed by atoms with Crippen LogP contribution in [0.5, 0.6) is 0 Å². The SMILES string of the molecule is CCCCCCCC1(CCC2CCCC2)OCCO1. The first-order valence-corrected chi connectivity index (χ1v) is 8.62. The Balaban J connectivity index is 1.67. The summed E-state index contributed by atoms with van der Waals surface area (Å²) in [5.41, 5.74) is 0. The van der Waals surface area contributed by atoms with Gasteiger partial charge in [0.2, 0.25) is 0 Å². The maximum absolute atomic E-state index is 5.98. The summed E-state index contributed by atoms with van der Waals surface area (Å²) in [4.78, 5) is 0. The second-order valence-electron chi connectivity index (χ2n) is 6.46. The minimum atomic E-state index is -0.200. The third-order valence-electron chi connectivity index (χ3n) is 4.88. The standard InChI is InChI=1S/C17H32O2/c1-2-3-4-5-8-12-17(18-14-15-19-17)13-11-16-9-6-7-10-16/h16H,2-15H2,1H3. The number of hydrogen-bond donors (Lipinski definition) is 0. The molecule has 2 heteroatoms. The van der Waals surface area contributed by atoms with E-state index in [0.29, 0.717) is 0 Å². The van der Waals surface area contributed by atoms with Crippen LogP contribution in [0.3, 0.4) is 0 Å². The molecule has 1 heterocycles. The third-order valence-corrected chi connectivity index (χ3v) is 4.88. The fourth-order valence-corrected chi connectivity index (χ4v) is 3.63. The highest BCUT2D eigenvalue weighted by molar-refractivity contribution is 4.78. The van der Waals surface area contributed by atoms with Crippen LogP contribution in [0, 0.1) is 5.92 Å². The van der Waals surface area contributed by atoms with E-state index in [-0.39, 0.29) is 5.79 Å². The average Bonchev–Trinajstić information content (AvgIpc) is 3.08. The Morgan fingerprint density at radius 3 is 2.26 bits per heavy atom. The first-order valence-electron chi connectivity index (χ1n) is 8.62. The quantitative estimate of drug-likeness (QED) is 0.544. The molecule has 19 heavy (non-hydrogen) atoms. The van der Waals surface area contributed by atoms with Gasteiger partial charge >= 0.3 is 0 Å². The Hall–Kier alpha value is -0.0800. The molecule has 0 atom stereocenters. The molecule has 1 saturated carbocycles. The smallest absolute Gasteiger partial charge is 0.168 e. The maximum Gasteiger partial charge on any atom is 0.168 e. The zero-order chi connectivity index (χ0) is 13.4. The van der Waals surface area contributed by atoms with Crippen molar-refractivity contribution in [3.63, 3.8) is 0 Å². The van der Waals surface area contributed by atoms with Crippen molar-refractivity contribution in [1.29, 1.82) is 0 Å². The summed E-state index contributed by atoms with van der Waals surface area (Å²) in [6, 6.07) is 0. The van der Waals surface area contributed by atoms with Crippen LogP contribution in [0.4, 0.5) is 0 Å². The van der Waals surface area contributed by atoms with Gasteiger partial charge in [0.25, 0.3) is 0 Å². The van der Waals surface area contributed by atoms with Crippen LogP contribution in [0.15, 0.2) is 0 Å². The molecule has 2 nitrogen and oxygen atoms in total. The van der Waals surface area contributed by atoms with Crippen molar-refractivity contribution in [3.05, 3.63) is 0 Å². The van der Waals surface area contributed by atoms with Crippen molar-refractivity contribution in [2.75, 3.05) is 13.2 Å². The summed E-state index contributed by atoms with van der Waals surface area (Å²) in [5, 5.41) is 0. The minimum absolute atomic E-state index is 0.200. The van der Waals surface area contributed by atoms with E-state index in [2.05, 4.69) is 6.92 Å². The lowest BCUT2D eigenvalue weighted by Crippen LogP contribution is -2.30. The molecule has 0 aromatic heterocycles. The molecule has 1 aliphatic carbocycles. The van der Waals surface area contributed by atoms with E-state index in [0.717, 1.165) is 32.0 Å². The van der Waals surface area contributed by atoms with Crippen LogP contribution in [-0.4, -0.2) is 19.0 Å². The summed E-state index contributed by atoms with van der Waals surface area (Å²) in [7, 11) is 0. The van der Waals surface area contributed by atoms with E-state index in [9.17, 15) is 0 Å². The average molecular weight is 268 g/mol. The van der Waals surface area contributed by atoms with E-state index in [1.165, 1.54) is 64.2 Å². The molecule has 0 bridgehead atoms. The summed E-state index contributed by atoms with van der Waals surface area (Å²) in [6.07, 6.45) is 16.0. The fraction of sp³-hybridized carbons (Fsp3) is 1.00. The van der Waals surface area contributed by atoms with E-state index >= 15 is 0 Å². The predicted molar refractivity (Wildman–Crippen MR) is 79.2 cm³/mol. The first-order chi connectivity index (χ1) is 9.35. The first kappa shape index (κ1) is 15.3. The molecule has 0 radical (unpaired) electrons. The van der Waals surface area contributed by atoms with Crippen molar-refractivity contribution >= 4 is 0 Å². The lowest BCUT2D eigenvalue weighted by molar-refractivity contribution is -0.170. The second kappa shape index (κ2) is 8.26. The van der Waals surface area contributed by atoms with E-state index in [1.54, 1.807) is 0 Å². The molecule has 112 valence electrons. The fourth-order valence-electron chi connectivity index (χ4n) is 3.63. The molecular formula is C17H32O2. The third kappa shape index (κ3) is 5.07. The lowest BCUT2D eigenvalue weighted by Gasteiger charge is -2.28. The molecule has 2 rings (SSSR count). The molecule has 0 spiro atoms. The topological polar surface area (TPSA) is 18.5 Å². The normalized spacial score (nSPS) is 23.2. The molecule has 0 aromatic carbocycles. The van der Waals surface area contributed by atoms with Crippen LogP contribution in [0.1, 0.15) is 84.0 Å². The van der Waals surface area contributed by atoms with Gasteiger partial charge in [-0.3, -0.25) is 0 Å². The highest BCUT2D eigenvalue weighted by Gasteiger charge is 2.36. The summed E-state index contributed by atoms with van der Waals surface area (Å²) in [5.74, 6) is 0.749. The molecule has 0 amide bonds. The Morgan fingerprint density at radius 2 is 1.58 bits per heavy atom. The Bertz CT molecular complexity index is 227. The summed E-state index contributed by atoms with van der Waals surface area (Å²) < 4.78 is 12.0.